The van der Waals surface area contributed by atoms with Crippen molar-refractivity contribution in [1.29, 1.82) is 0 Å². The van der Waals surface area contributed by atoms with Crippen LogP contribution in [-0.2, 0) is 30.4 Å². The minimum Gasteiger partial charge on any atom is -0.789 e. The standard InChI is InChI=1S/C7H16O2PS2.Zn/c1-4-5-6-11-10(8,9)12-7(2)3;/h7H,4-6H2,1-3H3;/q-1;+2. The molecule has 0 aliphatic carbocycles. The van der Waals surface area contributed by atoms with Crippen LogP contribution in [0.15, 0.2) is 0 Å². The summed E-state index contributed by atoms with van der Waals surface area (Å²) in [5.41, 5.74) is -3.20. The summed E-state index contributed by atoms with van der Waals surface area (Å²) in [5.74, 6) is 0.733. The summed E-state index contributed by atoms with van der Waals surface area (Å²) in [7, 11) is 1.09. The van der Waals surface area contributed by atoms with Gasteiger partial charge in [-0.3, -0.25) is 0 Å². The van der Waals surface area contributed by atoms with Crippen molar-refractivity contribution in [2.45, 2.75) is 38.9 Å². The van der Waals surface area contributed by atoms with Gasteiger partial charge in [-0.15, -0.1) is 11.4 Å². The van der Waals surface area contributed by atoms with Crippen molar-refractivity contribution in [3.05, 3.63) is 0 Å². The largest absolute Gasteiger partial charge is 2.00 e. The number of hydrogen-bond donors (Lipinski definition) is 0. The second-order valence-corrected chi connectivity index (χ2v) is 10.5. The van der Waals surface area contributed by atoms with E-state index >= 15 is 0 Å². The molecule has 0 heterocycles. The zero-order valence-corrected chi connectivity index (χ0v) is 14.0. The monoisotopic (exact) mass is 291 g/mol. The Hall–Kier alpha value is 1.54. The molecule has 0 aromatic heterocycles. The topological polar surface area (TPSA) is 46.1 Å². The molecule has 0 aromatic carbocycles. The van der Waals surface area contributed by atoms with Gasteiger partial charge in [0.1, 0.15) is 10.9 Å². The smallest absolute Gasteiger partial charge is 0.789 e. The Balaban J connectivity index is 0. The van der Waals surface area contributed by atoms with Crippen LogP contribution in [0.4, 0.5) is 0 Å². The first-order valence-corrected chi connectivity index (χ1v) is 8.82. The average molecular weight is 293 g/mol. The molecule has 6 heteroatoms. The zero-order chi connectivity index (χ0) is 9.61. The summed E-state index contributed by atoms with van der Waals surface area (Å²) in [4.78, 5) is 22.5. The van der Waals surface area contributed by atoms with Gasteiger partial charge in [0.25, 0.3) is 0 Å². The fraction of sp³-hybridized carbons (Fsp3) is 1.00. The van der Waals surface area contributed by atoms with E-state index in [2.05, 4.69) is 6.92 Å². The Morgan fingerprint density at radius 1 is 1.38 bits per heavy atom. The van der Waals surface area contributed by atoms with E-state index in [1.807, 2.05) is 13.8 Å². The van der Waals surface area contributed by atoms with E-state index in [1.54, 1.807) is 0 Å². The van der Waals surface area contributed by atoms with Gasteiger partial charge >= 0.3 is 19.5 Å². The van der Waals surface area contributed by atoms with Crippen LogP contribution in [0.1, 0.15) is 33.6 Å². The van der Waals surface area contributed by atoms with Crippen LogP contribution in [0, 0.1) is 0 Å². The molecule has 0 rings (SSSR count). The van der Waals surface area contributed by atoms with E-state index in [0.717, 1.165) is 40.9 Å². The predicted molar refractivity (Wildman–Crippen MR) is 56.8 cm³/mol. The van der Waals surface area contributed by atoms with Gasteiger partial charge in [0.05, 0.1) is 0 Å². The molecular formula is C7H16O2PS2Zn+. The molecule has 0 aromatic rings. The van der Waals surface area contributed by atoms with E-state index in [4.69, 9.17) is 0 Å². The SMILES string of the molecule is CCCC[S+]=P([O-])([O-])SC(C)C.[Zn+2]. The van der Waals surface area contributed by atoms with E-state index in [0.29, 0.717) is 0 Å². The van der Waals surface area contributed by atoms with Crippen molar-refractivity contribution < 1.29 is 29.3 Å². The van der Waals surface area contributed by atoms with Crippen molar-refractivity contribution in [2.24, 2.45) is 0 Å². The zero-order valence-electron chi connectivity index (χ0n) is 8.49. The molecule has 0 saturated heterocycles. The molecule has 0 fully saturated rings. The fourth-order valence-corrected chi connectivity index (χ4v) is 7.39. The second kappa shape index (κ2) is 8.82. The van der Waals surface area contributed by atoms with Crippen molar-refractivity contribution in [3.63, 3.8) is 0 Å². The minimum absolute atomic E-state index is 0. The van der Waals surface area contributed by atoms with Crippen LogP contribution in [0.3, 0.4) is 0 Å². The summed E-state index contributed by atoms with van der Waals surface area (Å²) >= 11 is 1.07. The average Bonchev–Trinajstić information content (AvgIpc) is 1.84. The van der Waals surface area contributed by atoms with Gasteiger partial charge in [-0.25, -0.2) is 0 Å². The summed E-state index contributed by atoms with van der Waals surface area (Å²) in [6.07, 6.45) is 2.04. The molecule has 0 amide bonds. The molecular weight excluding hydrogens is 277 g/mol. The van der Waals surface area contributed by atoms with E-state index in [9.17, 15) is 9.79 Å². The third-order valence-electron chi connectivity index (χ3n) is 1.09. The van der Waals surface area contributed by atoms with Crippen LogP contribution in [0.25, 0.3) is 0 Å². The maximum absolute atomic E-state index is 11.3. The molecule has 0 saturated carbocycles. The first-order chi connectivity index (χ1) is 5.48. The molecule has 0 spiro atoms. The van der Waals surface area contributed by atoms with Crippen LogP contribution in [0.2, 0.25) is 0 Å². The first-order valence-electron chi connectivity index (χ1n) is 4.12. The maximum Gasteiger partial charge on any atom is 2.00 e. The van der Waals surface area contributed by atoms with Gasteiger partial charge in [-0.2, -0.15) is 0 Å². The Bertz CT molecular complexity index is 170. The van der Waals surface area contributed by atoms with E-state index in [1.165, 1.54) is 0 Å². The van der Waals surface area contributed by atoms with Gasteiger partial charge in [-0.1, -0.05) is 27.2 Å². The Kier molecular flexibility index (Phi) is 11.5. The number of rotatable bonds is 5. The Labute approximate surface area is 102 Å². The predicted octanol–water partition coefficient (Wildman–Crippen LogP) is 1.41. The van der Waals surface area contributed by atoms with Crippen LogP contribution >= 0.6 is 17.1 Å². The maximum atomic E-state index is 11.3. The van der Waals surface area contributed by atoms with Gasteiger partial charge in [-0.05, 0) is 0 Å². The molecule has 13 heavy (non-hydrogen) atoms. The van der Waals surface area contributed by atoms with Gasteiger partial charge in [0.15, 0.2) is 5.75 Å². The minimum atomic E-state index is -3.20. The summed E-state index contributed by atoms with van der Waals surface area (Å²) < 4.78 is 0. The Morgan fingerprint density at radius 2 is 1.92 bits per heavy atom. The van der Waals surface area contributed by atoms with Crippen LogP contribution in [0.5, 0.6) is 0 Å². The third kappa shape index (κ3) is 11.5. The van der Waals surface area contributed by atoms with Crippen LogP contribution < -0.4 is 9.79 Å². The number of hydrogen-bond acceptors (Lipinski definition) is 3. The molecule has 0 unspecified atom stereocenters. The third-order valence-corrected chi connectivity index (χ3v) is 7.81. The molecule has 0 aliphatic heterocycles. The first kappa shape index (κ1) is 17.0. The molecule has 2 nitrogen and oxygen atoms in total. The number of unbranched alkanes of at least 4 members (excludes halogenated alkanes) is 1. The fourth-order valence-electron chi connectivity index (χ4n) is 0.609. The van der Waals surface area contributed by atoms with E-state index < -0.39 is 5.69 Å². The van der Waals surface area contributed by atoms with E-state index in [-0.39, 0.29) is 24.7 Å². The summed E-state index contributed by atoms with van der Waals surface area (Å²) in [6.45, 7) is 5.86. The normalized spacial score (nSPS) is 11.2. The van der Waals surface area contributed by atoms with Crippen molar-refractivity contribution in [3.8, 4) is 0 Å². The van der Waals surface area contributed by atoms with Crippen molar-refractivity contribution >= 4 is 28.0 Å². The van der Waals surface area contributed by atoms with Crippen molar-refractivity contribution in [1.82, 2.24) is 0 Å². The molecule has 0 N–H and O–H groups in total. The molecule has 0 atom stereocenters. The summed E-state index contributed by atoms with van der Waals surface area (Å²) in [5, 5.41) is 0.169. The summed E-state index contributed by atoms with van der Waals surface area (Å²) in [6, 6.07) is 0. The quantitative estimate of drug-likeness (QED) is 0.333. The van der Waals surface area contributed by atoms with Crippen LogP contribution in [-0.4, -0.2) is 11.0 Å². The van der Waals surface area contributed by atoms with Crippen molar-refractivity contribution in [2.75, 3.05) is 5.75 Å². The molecule has 0 bridgehead atoms. The Morgan fingerprint density at radius 3 is 2.31 bits per heavy atom. The molecule has 74 valence electrons. The molecule has 0 aliphatic rings. The molecule has 0 radical (unpaired) electrons. The van der Waals surface area contributed by atoms with Gasteiger partial charge in [0.2, 0.25) is 0 Å². The second-order valence-electron chi connectivity index (χ2n) is 2.79. The van der Waals surface area contributed by atoms with Gasteiger partial charge in [0, 0.05) is 17.4 Å². The van der Waals surface area contributed by atoms with Gasteiger partial charge < -0.3 is 9.79 Å².